The summed E-state index contributed by atoms with van der Waals surface area (Å²) < 4.78 is 2.10. The number of nitrogens with two attached hydrogens (primary N) is 2. The zero-order chi connectivity index (χ0) is 16.8. The van der Waals surface area contributed by atoms with Crippen LogP contribution in [0.4, 0.5) is 11.8 Å². The van der Waals surface area contributed by atoms with E-state index in [1.807, 2.05) is 36.5 Å². The van der Waals surface area contributed by atoms with Crippen molar-refractivity contribution >= 4 is 56.8 Å². The second-order valence-electron chi connectivity index (χ2n) is 5.54. The highest BCUT2D eigenvalue weighted by molar-refractivity contribution is 6.35. The summed E-state index contributed by atoms with van der Waals surface area (Å²) in [6.45, 7) is 0.626. The monoisotopic (exact) mass is 357 g/mol. The Labute approximate surface area is 147 Å². The lowest BCUT2D eigenvalue weighted by molar-refractivity contribution is 0.837. The van der Waals surface area contributed by atoms with Crippen molar-refractivity contribution in [1.29, 1.82) is 0 Å². The number of fused-ring (bicyclic) bond motifs is 3. The van der Waals surface area contributed by atoms with Gasteiger partial charge in [-0.25, -0.2) is 4.98 Å². The van der Waals surface area contributed by atoms with Gasteiger partial charge < -0.3 is 16.0 Å². The smallest absolute Gasteiger partial charge is 0.222 e. The molecule has 7 heteroatoms. The van der Waals surface area contributed by atoms with Gasteiger partial charge in [-0.2, -0.15) is 4.98 Å². The van der Waals surface area contributed by atoms with E-state index in [2.05, 4.69) is 14.5 Å². The summed E-state index contributed by atoms with van der Waals surface area (Å²) >= 11 is 12.2. The first kappa shape index (κ1) is 15.1. The predicted molar refractivity (Wildman–Crippen MR) is 99.4 cm³/mol. The molecule has 0 bridgehead atoms. The minimum absolute atomic E-state index is 0.173. The number of rotatable bonds is 2. The van der Waals surface area contributed by atoms with Crippen molar-refractivity contribution in [3.8, 4) is 0 Å². The average molecular weight is 358 g/mol. The quantitative estimate of drug-likeness (QED) is 0.565. The second kappa shape index (κ2) is 5.54. The number of hydrogen-bond acceptors (Lipinski definition) is 4. The van der Waals surface area contributed by atoms with Gasteiger partial charge in [0.1, 0.15) is 5.82 Å². The molecule has 0 amide bonds. The van der Waals surface area contributed by atoms with Gasteiger partial charge in [-0.3, -0.25) is 0 Å². The van der Waals surface area contributed by atoms with Crippen molar-refractivity contribution in [2.45, 2.75) is 6.54 Å². The molecule has 4 aromatic rings. The number of nitrogen functional groups attached to an aromatic ring is 2. The Morgan fingerprint density at radius 3 is 2.62 bits per heavy atom. The fraction of sp³-hybridized carbons (Fsp3) is 0.0588. The Kier molecular flexibility index (Phi) is 3.48. The molecule has 24 heavy (non-hydrogen) atoms. The van der Waals surface area contributed by atoms with Gasteiger partial charge in [-0.1, -0.05) is 29.3 Å². The van der Waals surface area contributed by atoms with E-state index < -0.39 is 0 Å². The summed E-state index contributed by atoms with van der Waals surface area (Å²) in [6, 6.07) is 11.4. The minimum atomic E-state index is 0.173. The van der Waals surface area contributed by atoms with Crippen LogP contribution in [0, 0.1) is 0 Å². The molecule has 4 N–H and O–H groups in total. The Hall–Kier alpha value is -2.50. The highest BCUT2D eigenvalue weighted by atomic mass is 35.5. The van der Waals surface area contributed by atoms with Gasteiger partial charge in [-0.15, -0.1) is 0 Å². The van der Waals surface area contributed by atoms with Crippen molar-refractivity contribution in [2.75, 3.05) is 11.5 Å². The van der Waals surface area contributed by atoms with Crippen LogP contribution in [0.15, 0.2) is 42.6 Å². The van der Waals surface area contributed by atoms with Crippen molar-refractivity contribution in [3.05, 3.63) is 58.2 Å². The van der Waals surface area contributed by atoms with E-state index in [1.54, 1.807) is 6.07 Å². The molecule has 120 valence electrons. The second-order valence-corrected chi connectivity index (χ2v) is 6.38. The van der Waals surface area contributed by atoms with E-state index in [4.69, 9.17) is 34.7 Å². The van der Waals surface area contributed by atoms with Crippen LogP contribution in [0.3, 0.4) is 0 Å². The van der Waals surface area contributed by atoms with Crippen LogP contribution in [0.1, 0.15) is 5.56 Å². The molecule has 0 saturated heterocycles. The Morgan fingerprint density at radius 2 is 1.83 bits per heavy atom. The third-order valence-corrected chi connectivity index (χ3v) is 4.60. The van der Waals surface area contributed by atoms with Crippen molar-refractivity contribution < 1.29 is 0 Å². The molecule has 0 radical (unpaired) electrons. The van der Waals surface area contributed by atoms with Gasteiger partial charge in [0.25, 0.3) is 0 Å². The maximum absolute atomic E-state index is 6.28. The summed E-state index contributed by atoms with van der Waals surface area (Å²) in [5.41, 5.74) is 14.5. The Bertz CT molecular complexity index is 1090. The first-order valence-electron chi connectivity index (χ1n) is 7.27. The van der Waals surface area contributed by atoms with Crippen LogP contribution in [0.25, 0.3) is 21.8 Å². The molecular weight excluding hydrogens is 345 g/mol. The van der Waals surface area contributed by atoms with Gasteiger partial charge in [0.15, 0.2) is 0 Å². The molecular formula is C17H13Cl2N5. The maximum atomic E-state index is 6.28. The summed E-state index contributed by atoms with van der Waals surface area (Å²) in [7, 11) is 0. The largest absolute Gasteiger partial charge is 0.383 e. The molecule has 0 aliphatic carbocycles. The lowest BCUT2D eigenvalue weighted by atomic mass is 10.1. The van der Waals surface area contributed by atoms with Crippen LogP contribution >= 0.6 is 23.2 Å². The maximum Gasteiger partial charge on any atom is 0.222 e. The van der Waals surface area contributed by atoms with Gasteiger partial charge in [0, 0.05) is 33.7 Å². The lowest BCUT2D eigenvalue weighted by Crippen LogP contribution is -2.01. The number of benzene rings is 2. The topological polar surface area (TPSA) is 82.7 Å². The standard InChI is InChI=1S/C17H13Cl2N5/c18-10-2-1-9(12(19)7-10)8-24-6-5-11-14(24)4-3-13-15(11)16(20)23-17(21)22-13/h1-7H,8H2,(H4,20,21,22,23). The first-order valence-corrected chi connectivity index (χ1v) is 8.03. The molecule has 4 rings (SSSR count). The van der Waals surface area contributed by atoms with E-state index >= 15 is 0 Å². The molecule has 0 aliphatic heterocycles. The summed E-state index contributed by atoms with van der Waals surface area (Å²) in [4.78, 5) is 8.31. The van der Waals surface area contributed by atoms with E-state index in [9.17, 15) is 0 Å². The van der Waals surface area contributed by atoms with Gasteiger partial charge in [0.05, 0.1) is 10.9 Å². The van der Waals surface area contributed by atoms with Crippen LogP contribution in [-0.2, 0) is 6.54 Å². The van der Waals surface area contributed by atoms with E-state index in [-0.39, 0.29) is 5.95 Å². The molecule has 0 unspecified atom stereocenters. The van der Waals surface area contributed by atoms with Crippen molar-refractivity contribution in [3.63, 3.8) is 0 Å². The molecule has 0 saturated carbocycles. The Morgan fingerprint density at radius 1 is 1.00 bits per heavy atom. The van der Waals surface area contributed by atoms with Gasteiger partial charge >= 0.3 is 0 Å². The predicted octanol–water partition coefficient (Wildman–Crippen LogP) is 4.10. The number of aromatic nitrogens is 3. The molecule has 0 atom stereocenters. The molecule has 0 aliphatic rings. The van der Waals surface area contributed by atoms with Crippen molar-refractivity contribution in [1.82, 2.24) is 14.5 Å². The SMILES string of the molecule is Nc1nc(N)c2c(ccc3c2ccn3Cc2ccc(Cl)cc2Cl)n1. The first-order chi connectivity index (χ1) is 11.5. The third kappa shape index (κ3) is 2.42. The van der Waals surface area contributed by atoms with Gasteiger partial charge in [0.2, 0.25) is 5.95 Å². The molecule has 2 aromatic heterocycles. The number of nitrogens with zero attached hydrogens (tertiary/aromatic N) is 3. The van der Waals surface area contributed by atoms with Gasteiger partial charge in [-0.05, 0) is 35.9 Å². The third-order valence-electron chi connectivity index (χ3n) is 4.01. The fourth-order valence-electron chi connectivity index (χ4n) is 2.92. The Balaban J connectivity index is 1.87. The number of halogens is 2. The summed E-state index contributed by atoms with van der Waals surface area (Å²) in [5.74, 6) is 0.553. The van der Waals surface area contributed by atoms with E-state index in [0.717, 1.165) is 27.4 Å². The highest BCUT2D eigenvalue weighted by Crippen LogP contribution is 2.30. The molecule has 5 nitrogen and oxygen atoms in total. The molecule has 2 heterocycles. The molecule has 0 spiro atoms. The van der Waals surface area contributed by atoms with Crippen LogP contribution in [0.5, 0.6) is 0 Å². The van der Waals surface area contributed by atoms with Crippen LogP contribution < -0.4 is 11.5 Å². The van der Waals surface area contributed by atoms with Crippen molar-refractivity contribution in [2.24, 2.45) is 0 Å². The average Bonchev–Trinajstić information content (AvgIpc) is 2.92. The summed E-state index contributed by atoms with van der Waals surface area (Å²) in [5, 5.41) is 3.05. The number of anilines is 2. The normalized spacial score (nSPS) is 11.4. The lowest BCUT2D eigenvalue weighted by Gasteiger charge is -2.09. The van der Waals surface area contributed by atoms with E-state index in [1.165, 1.54) is 0 Å². The zero-order valence-corrected chi connectivity index (χ0v) is 14.0. The van der Waals surface area contributed by atoms with E-state index in [0.29, 0.717) is 22.4 Å². The fourth-order valence-corrected chi connectivity index (χ4v) is 3.39. The molecule has 2 aromatic carbocycles. The van der Waals surface area contributed by atoms with Crippen LogP contribution in [-0.4, -0.2) is 14.5 Å². The molecule has 0 fully saturated rings. The highest BCUT2D eigenvalue weighted by Gasteiger charge is 2.11. The summed E-state index contributed by atoms with van der Waals surface area (Å²) in [6.07, 6.45) is 1.99. The zero-order valence-electron chi connectivity index (χ0n) is 12.5. The number of hydrogen-bond donors (Lipinski definition) is 2. The minimum Gasteiger partial charge on any atom is -0.383 e. The van der Waals surface area contributed by atoms with Crippen LogP contribution in [0.2, 0.25) is 10.0 Å².